The molecule has 1 heterocycles. The number of piperazine rings is 1. The van der Waals surface area contributed by atoms with Crippen LogP contribution < -0.4 is 0 Å². The van der Waals surface area contributed by atoms with Gasteiger partial charge in [-0.05, 0) is 23.3 Å². The molecule has 23 heavy (non-hydrogen) atoms. The van der Waals surface area contributed by atoms with Crippen LogP contribution in [0.3, 0.4) is 0 Å². The minimum Gasteiger partial charge on any atom is -0.508 e. The molecular formula is C19H22N2O2. The van der Waals surface area contributed by atoms with E-state index in [9.17, 15) is 9.90 Å². The Bertz CT molecular complexity index is 649. The molecule has 1 saturated heterocycles. The fourth-order valence-corrected chi connectivity index (χ4v) is 2.95. The molecule has 0 aliphatic carbocycles. The van der Waals surface area contributed by atoms with Crippen molar-refractivity contribution in [2.24, 2.45) is 0 Å². The van der Waals surface area contributed by atoms with Crippen LogP contribution in [0.4, 0.5) is 0 Å². The number of amides is 1. The molecule has 0 spiro atoms. The van der Waals surface area contributed by atoms with E-state index in [-0.39, 0.29) is 5.91 Å². The Kier molecular flexibility index (Phi) is 4.93. The second-order valence-electron chi connectivity index (χ2n) is 5.99. The smallest absolute Gasteiger partial charge is 0.227 e. The summed E-state index contributed by atoms with van der Waals surface area (Å²) in [5, 5.41) is 9.53. The normalized spacial score (nSPS) is 15.6. The van der Waals surface area contributed by atoms with E-state index in [4.69, 9.17) is 0 Å². The van der Waals surface area contributed by atoms with Crippen molar-refractivity contribution in [1.82, 2.24) is 9.80 Å². The Labute approximate surface area is 137 Å². The molecule has 3 rings (SSSR count). The number of phenolic OH excluding ortho intramolecular Hbond substituents is 1. The van der Waals surface area contributed by atoms with Crippen LogP contribution in [0.25, 0.3) is 0 Å². The van der Waals surface area contributed by atoms with Gasteiger partial charge in [-0.1, -0.05) is 42.5 Å². The highest BCUT2D eigenvalue weighted by Crippen LogP contribution is 2.14. The molecule has 0 saturated carbocycles. The van der Waals surface area contributed by atoms with Gasteiger partial charge in [-0.15, -0.1) is 0 Å². The summed E-state index contributed by atoms with van der Waals surface area (Å²) in [6.07, 6.45) is 0.480. The molecule has 0 atom stereocenters. The molecule has 1 amide bonds. The maximum Gasteiger partial charge on any atom is 0.227 e. The number of nitrogens with zero attached hydrogens (tertiary/aromatic N) is 2. The molecule has 0 radical (unpaired) electrons. The molecule has 1 N–H and O–H groups in total. The largest absolute Gasteiger partial charge is 0.508 e. The Morgan fingerprint density at radius 1 is 0.913 bits per heavy atom. The zero-order chi connectivity index (χ0) is 16.1. The number of rotatable bonds is 4. The van der Waals surface area contributed by atoms with E-state index in [1.54, 1.807) is 12.1 Å². The van der Waals surface area contributed by atoms with Gasteiger partial charge in [-0.2, -0.15) is 0 Å². The van der Waals surface area contributed by atoms with E-state index in [0.29, 0.717) is 12.2 Å². The minimum atomic E-state index is 0.202. The fraction of sp³-hybridized carbons (Fsp3) is 0.316. The van der Waals surface area contributed by atoms with E-state index in [1.807, 2.05) is 47.4 Å². The lowest BCUT2D eigenvalue weighted by molar-refractivity contribution is -0.132. The zero-order valence-electron chi connectivity index (χ0n) is 13.2. The first kappa shape index (κ1) is 15.6. The highest BCUT2D eigenvalue weighted by molar-refractivity contribution is 5.78. The lowest BCUT2D eigenvalue weighted by Crippen LogP contribution is -2.48. The van der Waals surface area contributed by atoms with Crippen molar-refractivity contribution in [3.05, 3.63) is 65.7 Å². The monoisotopic (exact) mass is 310 g/mol. The molecule has 1 aliphatic heterocycles. The van der Waals surface area contributed by atoms with Gasteiger partial charge in [-0.25, -0.2) is 0 Å². The van der Waals surface area contributed by atoms with Gasteiger partial charge in [-0.3, -0.25) is 9.69 Å². The van der Waals surface area contributed by atoms with Gasteiger partial charge in [0.1, 0.15) is 5.75 Å². The molecule has 1 fully saturated rings. The maximum atomic E-state index is 12.4. The summed E-state index contributed by atoms with van der Waals surface area (Å²) in [6.45, 7) is 4.09. The summed E-state index contributed by atoms with van der Waals surface area (Å²) in [5.41, 5.74) is 2.17. The SMILES string of the molecule is O=C(Cc1ccccc1)N1CCN(Cc2cccc(O)c2)CC1. The highest BCUT2D eigenvalue weighted by Gasteiger charge is 2.21. The van der Waals surface area contributed by atoms with E-state index in [0.717, 1.165) is 43.9 Å². The van der Waals surface area contributed by atoms with Crippen LogP contribution in [0.15, 0.2) is 54.6 Å². The highest BCUT2D eigenvalue weighted by atomic mass is 16.3. The number of carbonyl (C=O) groups excluding carboxylic acids is 1. The Morgan fingerprint density at radius 2 is 1.61 bits per heavy atom. The predicted octanol–water partition coefficient (Wildman–Crippen LogP) is 2.28. The van der Waals surface area contributed by atoms with Gasteiger partial charge in [0.2, 0.25) is 5.91 Å². The average Bonchev–Trinajstić information content (AvgIpc) is 2.56. The van der Waals surface area contributed by atoms with E-state index >= 15 is 0 Å². The number of carbonyl (C=O) groups is 1. The van der Waals surface area contributed by atoms with Crippen LogP contribution in [0.2, 0.25) is 0 Å². The maximum absolute atomic E-state index is 12.4. The number of aromatic hydroxyl groups is 1. The Morgan fingerprint density at radius 3 is 2.30 bits per heavy atom. The van der Waals surface area contributed by atoms with Crippen LogP contribution in [0.5, 0.6) is 5.75 Å². The molecule has 2 aromatic carbocycles. The average molecular weight is 310 g/mol. The third-order valence-corrected chi connectivity index (χ3v) is 4.24. The first-order valence-corrected chi connectivity index (χ1v) is 8.03. The Hall–Kier alpha value is -2.33. The Balaban J connectivity index is 1.49. The molecule has 0 aromatic heterocycles. The molecule has 0 bridgehead atoms. The van der Waals surface area contributed by atoms with E-state index in [1.165, 1.54) is 0 Å². The van der Waals surface area contributed by atoms with Gasteiger partial charge in [0.25, 0.3) is 0 Å². The van der Waals surface area contributed by atoms with Gasteiger partial charge in [0.15, 0.2) is 0 Å². The lowest BCUT2D eigenvalue weighted by Gasteiger charge is -2.34. The molecule has 4 heteroatoms. The summed E-state index contributed by atoms with van der Waals surface area (Å²) in [5.74, 6) is 0.507. The quantitative estimate of drug-likeness (QED) is 0.942. The molecule has 4 nitrogen and oxygen atoms in total. The fourth-order valence-electron chi connectivity index (χ4n) is 2.95. The van der Waals surface area contributed by atoms with Crippen molar-refractivity contribution < 1.29 is 9.90 Å². The van der Waals surface area contributed by atoms with Crippen molar-refractivity contribution in [3.63, 3.8) is 0 Å². The van der Waals surface area contributed by atoms with Crippen LogP contribution in [-0.4, -0.2) is 47.0 Å². The number of hydrogen-bond donors (Lipinski definition) is 1. The molecule has 0 unspecified atom stereocenters. The van der Waals surface area contributed by atoms with Crippen LogP contribution in [0.1, 0.15) is 11.1 Å². The van der Waals surface area contributed by atoms with Crippen molar-refractivity contribution >= 4 is 5.91 Å². The van der Waals surface area contributed by atoms with Gasteiger partial charge >= 0.3 is 0 Å². The third-order valence-electron chi connectivity index (χ3n) is 4.24. The van der Waals surface area contributed by atoms with Gasteiger partial charge in [0.05, 0.1) is 6.42 Å². The number of hydrogen-bond acceptors (Lipinski definition) is 3. The summed E-state index contributed by atoms with van der Waals surface area (Å²) in [6, 6.07) is 17.3. The van der Waals surface area contributed by atoms with E-state index in [2.05, 4.69) is 4.90 Å². The van der Waals surface area contributed by atoms with Crippen LogP contribution in [0, 0.1) is 0 Å². The van der Waals surface area contributed by atoms with Crippen molar-refractivity contribution in [3.8, 4) is 5.75 Å². The third kappa shape index (κ3) is 4.33. The second-order valence-corrected chi connectivity index (χ2v) is 5.99. The second kappa shape index (κ2) is 7.29. The van der Waals surface area contributed by atoms with Gasteiger partial charge in [0, 0.05) is 32.7 Å². The van der Waals surface area contributed by atoms with Crippen molar-refractivity contribution in [1.29, 1.82) is 0 Å². The molecule has 2 aromatic rings. The topological polar surface area (TPSA) is 43.8 Å². The van der Waals surface area contributed by atoms with Crippen LogP contribution >= 0.6 is 0 Å². The van der Waals surface area contributed by atoms with Crippen LogP contribution in [-0.2, 0) is 17.8 Å². The number of benzene rings is 2. The minimum absolute atomic E-state index is 0.202. The summed E-state index contributed by atoms with van der Waals surface area (Å²) >= 11 is 0. The summed E-state index contributed by atoms with van der Waals surface area (Å²) < 4.78 is 0. The van der Waals surface area contributed by atoms with Gasteiger partial charge < -0.3 is 10.0 Å². The zero-order valence-corrected chi connectivity index (χ0v) is 13.2. The van der Waals surface area contributed by atoms with Crippen molar-refractivity contribution in [2.45, 2.75) is 13.0 Å². The molecule has 1 aliphatic rings. The molecule has 120 valence electrons. The standard InChI is InChI=1S/C19H22N2O2/c22-18-8-4-7-17(13-18)15-20-9-11-21(12-10-20)19(23)14-16-5-2-1-3-6-16/h1-8,13,22H,9-12,14-15H2. The van der Waals surface area contributed by atoms with E-state index < -0.39 is 0 Å². The predicted molar refractivity (Wildman–Crippen MR) is 90.1 cm³/mol. The summed E-state index contributed by atoms with van der Waals surface area (Å²) in [7, 11) is 0. The van der Waals surface area contributed by atoms with Crippen molar-refractivity contribution in [2.75, 3.05) is 26.2 Å². The lowest BCUT2D eigenvalue weighted by atomic mass is 10.1. The number of phenols is 1. The first-order chi connectivity index (χ1) is 11.2. The molecular weight excluding hydrogens is 288 g/mol. The first-order valence-electron chi connectivity index (χ1n) is 8.03. The summed E-state index contributed by atoms with van der Waals surface area (Å²) in [4.78, 5) is 16.6.